The number of methoxy groups -OCH3 is 1. The van der Waals surface area contributed by atoms with E-state index in [1.165, 1.54) is 25.3 Å². The van der Waals surface area contributed by atoms with Crippen LogP contribution in [0.3, 0.4) is 0 Å². The van der Waals surface area contributed by atoms with E-state index < -0.39 is 17.6 Å². The fraction of sp³-hybridized carbons (Fsp3) is 0.133. The number of nitrogen functional groups attached to an aromatic ring is 1. The summed E-state index contributed by atoms with van der Waals surface area (Å²) < 4.78 is 37.0. The quantitative estimate of drug-likeness (QED) is 0.695. The van der Waals surface area contributed by atoms with E-state index in [1.807, 2.05) is 0 Å². The Balaban J connectivity index is 2.24. The number of rotatable bonds is 4. The number of anilines is 1. The molecular weight excluding hydrogens is 280 g/mol. The number of esters is 1. The molecule has 0 aromatic heterocycles. The van der Waals surface area contributed by atoms with Crippen LogP contribution in [-0.2, 0) is 11.3 Å². The predicted molar refractivity (Wildman–Crippen MR) is 72.9 cm³/mol. The van der Waals surface area contributed by atoms with Crippen LogP contribution in [0.15, 0.2) is 36.4 Å². The van der Waals surface area contributed by atoms with Gasteiger partial charge >= 0.3 is 5.97 Å². The van der Waals surface area contributed by atoms with Crippen molar-refractivity contribution in [2.75, 3.05) is 12.8 Å². The first kappa shape index (κ1) is 14.8. The minimum atomic E-state index is -0.739. The van der Waals surface area contributed by atoms with Crippen molar-refractivity contribution in [3.05, 3.63) is 59.2 Å². The van der Waals surface area contributed by atoms with Gasteiger partial charge < -0.3 is 15.2 Å². The molecule has 4 nitrogen and oxygen atoms in total. The highest BCUT2D eigenvalue weighted by Gasteiger charge is 2.16. The van der Waals surface area contributed by atoms with Crippen molar-refractivity contribution in [2.24, 2.45) is 0 Å². The zero-order valence-electron chi connectivity index (χ0n) is 11.2. The Morgan fingerprint density at radius 3 is 2.57 bits per heavy atom. The summed E-state index contributed by atoms with van der Waals surface area (Å²) in [5, 5.41) is 0. The van der Waals surface area contributed by atoms with Crippen LogP contribution in [0.5, 0.6) is 5.75 Å². The monoisotopic (exact) mass is 293 g/mol. The molecule has 2 aromatic carbocycles. The average Bonchev–Trinajstić information content (AvgIpc) is 2.47. The molecule has 0 spiro atoms. The molecule has 0 saturated carbocycles. The number of hydrogen-bond donors (Lipinski definition) is 1. The molecule has 0 aliphatic rings. The lowest BCUT2D eigenvalue weighted by Gasteiger charge is -2.11. The van der Waals surface area contributed by atoms with E-state index in [1.54, 1.807) is 6.07 Å². The molecular formula is C15H13F2NO3. The summed E-state index contributed by atoms with van der Waals surface area (Å²) in [6.07, 6.45) is 0. The molecule has 21 heavy (non-hydrogen) atoms. The van der Waals surface area contributed by atoms with Crippen molar-refractivity contribution in [1.82, 2.24) is 0 Å². The third-order valence-electron chi connectivity index (χ3n) is 2.85. The summed E-state index contributed by atoms with van der Waals surface area (Å²) >= 11 is 0. The van der Waals surface area contributed by atoms with Gasteiger partial charge in [-0.25, -0.2) is 13.6 Å². The van der Waals surface area contributed by atoms with Crippen molar-refractivity contribution in [3.8, 4) is 5.75 Å². The maximum absolute atomic E-state index is 13.8. The zero-order chi connectivity index (χ0) is 15.4. The summed E-state index contributed by atoms with van der Waals surface area (Å²) in [6.45, 7) is -0.172. The topological polar surface area (TPSA) is 61.5 Å². The fourth-order valence-electron chi connectivity index (χ4n) is 1.74. The molecule has 0 radical (unpaired) electrons. The van der Waals surface area contributed by atoms with Gasteiger partial charge in [-0.15, -0.1) is 0 Å². The summed E-state index contributed by atoms with van der Waals surface area (Å²) in [5.74, 6) is -2.10. The fourth-order valence-corrected chi connectivity index (χ4v) is 1.74. The van der Waals surface area contributed by atoms with Gasteiger partial charge in [0, 0.05) is 17.3 Å². The number of carbonyl (C=O) groups is 1. The minimum Gasteiger partial charge on any atom is -0.486 e. The molecule has 0 fully saturated rings. The average molecular weight is 293 g/mol. The van der Waals surface area contributed by atoms with Gasteiger partial charge in [-0.3, -0.25) is 0 Å². The maximum atomic E-state index is 13.8. The Morgan fingerprint density at radius 1 is 1.19 bits per heavy atom. The van der Waals surface area contributed by atoms with Gasteiger partial charge in [0.15, 0.2) is 11.6 Å². The molecule has 6 heteroatoms. The van der Waals surface area contributed by atoms with E-state index in [-0.39, 0.29) is 29.2 Å². The van der Waals surface area contributed by atoms with Gasteiger partial charge in [0.25, 0.3) is 0 Å². The molecule has 110 valence electrons. The van der Waals surface area contributed by atoms with Crippen LogP contribution in [0, 0.1) is 11.6 Å². The van der Waals surface area contributed by atoms with E-state index in [4.69, 9.17) is 10.5 Å². The first-order chi connectivity index (χ1) is 10.0. The Morgan fingerprint density at radius 2 is 1.90 bits per heavy atom. The summed E-state index contributed by atoms with van der Waals surface area (Å²) in [6, 6.07) is 8.07. The largest absolute Gasteiger partial charge is 0.486 e. The lowest BCUT2D eigenvalue weighted by molar-refractivity contribution is 0.0601. The van der Waals surface area contributed by atoms with E-state index in [9.17, 15) is 13.6 Å². The van der Waals surface area contributed by atoms with Crippen LogP contribution >= 0.6 is 0 Å². The molecule has 0 saturated heterocycles. The van der Waals surface area contributed by atoms with Gasteiger partial charge in [0.1, 0.15) is 12.4 Å². The lowest BCUT2D eigenvalue weighted by atomic mass is 10.1. The molecule has 2 aromatic rings. The van der Waals surface area contributed by atoms with Crippen molar-refractivity contribution >= 4 is 11.7 Å². The molecule has 0 aliphatic carbocycles. The highest BCUT2D eigenvalue weighted by atomic mass is 19.1. The highest BCUT2D eigenvalue weighted by Crippen LogP contribution is 2.25. The second-order valence-corrected chi connectivity index (χ2v) is 4.24. The third kappa shape index (κ3) is 3.28. The van der Waals surface area contributed by atoms with Crippen LogP contribution < -0.4 is 10.5 Å². The van der Waals surface area contributed by atoms with Gasteiger partial charge in [0.2, 0.25) is 0 Å². The van der Waals surface area contributed by atoms with Crippen molar-refractivity contribution in [3.63, 3.8) is 0 Å². The zero-order valence-corrected chi connectivity index (χ0v) is 11.2. The van der Waals surface area contributed by atoms with Crippen LogP contribution in [0.4, 0.5) is 14.5 Å². The van der Waals surface area contributed by atoms with Crippen LogP contribution in [0.1, 0.15) is 15.9 Å². The molecule has 0 unspecified atom stereocenters. The number of hydrogen-bond acceptors (Lipinski definition) is 4. The van der Waals surface area contributed by atoms with Crippen LogP contribution in [0.25, 0.3) is 0 Å². The molecule has 2 rings (SSSR count). The predicted octanol–water partition coefficient (Wildman–Crippen LogP) is 2.91. The van der Waals surface area contributed by atoms with E-state index in [2.05, 4.69) is 4.74 Å². The summed E-state index contributed by atoms with van der Waals surface area (Å²) in [4.78, 5) is 11.5. The van der Waals surface area contributed by atoms with E-state index >= 15 is 0 Å². The highest BCUT2D eigenvalue weighted by molar-refractivity contribution is 5.95. The molecule has 0 bridgehead atoms. The number of ether oxygens (including phenoxy) is 2. The lowest BCUT2D eigenvalue weighted by Crippen LogP contribution is -2.08. The van der Waals surface area contributed by atoms with E-state index in [0.29, 0.717) is 0 Å². The maximum Gasteiger partial charge on any atom is 0.340 e. The number of halogens is 2. The molecule has 0 atom stereocenters. The first-order valence-electron chi connectivity index (χ1n) is 6.06. The molecule has 0 heterocycles. The van der Waals surface area contributed by atoms with Crippen molar-refractivity contribution in [2.45, 2.75) is 6.61 Å². The Kier molecular flexibility index (Phi) is 4.37. The smallest absolute Gasteiger partial charge is 0.340 e. The van der Waals surface area contributed by atoms with Crippen molar-refractivity contribution < 1.29 is 23.0 Å². The minimum absolute atomic E-state index is 0.0116. The first-order valence-corrected chi connectivity index (χ1v) is 6.06. The summed E-state index contributed by atoms with van der Waals surface area (Å²) in [7, 11) is 1.19. The van der Waals surface area contributed by atoms with Crippen LogP contribution in [0.2, 0.25) is 0 Å². The second-order valence-electron chi connectivity index (χ2n) is 4.24. The Labute approximate surface area is 120 Å². The van der Waals surface area contributed by atoms with Gasteiger partial charge in [0.05, 0.1) is 12.7 Å². The summed E-state index contributed by atoms with van der Waals surface area (Å²) in [5.41, 5.74) is 5.74. The number of benzene rings is 2. The van der Waals surface area contributed by atoms with Gasteiger partial charge in [-0.2, -0.15) is 0 Å². The Bertz CT molecular complexity index is 674. The normalized spacial score (nSPS) is 10.2. The Hall–Kier alpha value is -2.63. The van der Waals surface area contributed by atoms with Crippen molar-refractivity contribution in [1.29, 1.82) is 0 Å². The molecule has 0 aliphatic heterocycles. The SMILES string of the molecule is COC(=O)c1cc(OCc2ccccc2F)c(F)cc1N. The van der Waals surface area contributed by atoms with E-state index in [0.717, 1.165) is 12.1 Å². The second kappa shape index (κ2) is 6.21. The third-order valence-corrected chi connectivity index (χ3v) is 2.85. The molecule has 0 amide bonds. The number of carbonyl (C=O) groups excluding carboxylic acids is 1. The molecule has 2 N–H and O–H groups in total. The van der Waals surface area contributed by atoms with Crippen LogP contribution in [-0.4, -0.2) is 13.1 Å². The van der Waals surface area contributed by atoms with Gasteiger partial charge in [-0.1, -0.05) is 18.2 Å². The van der Waals surface area contributed by atoms with Gasteiger partial charge in [-0.05, 0) is 12.1 Å². The standard InChI is InChI=1S/C15H13F2NO3/c1-20-15(19)10-6-14(12(17)7-13(10)18)21-8-9-4-2-3-5-11(9)16/h2-7H,8,18H2,1H3. The number of nitrogens with two attached hydrogens (primary N) is 1.